The van der Waals surface area contributed by atoms with E-state index in [9.17, 15) is 4.79 Å². The van der Waals surface area contributed by atoms with E-state index in [0.717, 1.165) is 30.9 Å². The van der Waals surface area contributed by atoms with Crippen molar-refractivity contribution in [3.8, 4) is 0 Å². The van der Waals surface area contributed by atoms with Crippen LogP contribution >= 0.6 is 0 Å². The Morgan fingerprint density at radius 3 is 2.58 bits per heavy atom. The van der Waals surface area contributed by atoms with E-state index in [4.69, 9.17) is 10.5 Å². The number of amides is 1. The second kappa shape index (κ2) is 7.11. The molecule has 1 amide bonds. The minimum Gasteiger partial charge on any atom is -0.448 e. The van der Waals surface area contributed by atoms with Gasteiger partial charge in [0.2, 0.25) is 0 Å². The van der Waals surface area contributed by atoms with E-state index in [-0.39, 0.29) is 0 Å². The lowest BCUT2D eigenvalue weighted by atomic mass is 10.2. The van der Waals surface area contributed by atoms with Gasteiger partial charge in [-0.2, -0.15) is 0 Å². The molecule has 5 nitrogen and oxygen atoms in total. The SMILES string of the molecule is NCc1ccc(NC(=O)OCCN2CCCC2)cc1. The first-order valence-electron chi connectivity index (χ1n) is 6.73. The molecule has 1 aliphatic rings. The van der Waals surface area contributed by atoms with Crippen LogP contribution in [0.1, 0.15) is 18.4 Å². The Balaban J connectivity index is 1.68. The molecule has 0 aromatic heterocycles. The zero-order chi connectivity index (χ0) is 13.5. The van der Waals surface area contributed by atoms with Gasteiger partial charge in [-0.1, -0.05) is 12.1 Å². The average molecular weight is 263 g/mol. The van der Waals surface area contributed by atoms with Gasteiger partial charge in [-0.3, -0.25) is 10.2 Å². The summed E-state index contributed by atoms with van der Waals surface area (Å²) in [6.45, 7) is 3.99. The Hall–Kier alpha value is -1.59. The number of likely N-dealkylation sites (tertiary alicyclic amines) is 1. The first-order chi connectivity index (χ1) is 9.28. The fourth-order valence-corrected chi connectivity index (χ4v) is 2.15. The van der Waals surface area contributed by atoms with Crippen molar-refractivity contribution in [2.24, 2.45) is 5.73 Å². The Labute approximate surface area is 113 Å². The lowest BCUT2D eigenvalue weighted by Crippen LogP contribution is -2.26. The molecule has 1 saturated heterocycles. The quantitative estimate of drug-likeness (QED) is 0.850. The van der Waals surface area contributed by atoms with Gasteiger partial charge in [0.05, 0.1) is 0 Å². The number of nitrogens with zero attached hydrogens (tertiary/aromatic N) is 1. The minimum absolute atomic E-state index is 0.403. The minimum atomic E-state index is -0.403. The van der Waals surface area contributed by atoms with Crippen molar-refractivity contribution in [1.82, 2.24) is 4.90 Å². The molecule has 1 aromatic rings. The average Bonchev–Trinajstić information content (AvgIpc) is 2.93. The number of rotatable bonds is 5. The van der Waals surface area contributed by atoms with Crippen molar-refractivity contribution in [3.05, 3.63) is 29.8 Å². The highest BCUT2D eigenvalue weighted by atomic mass is 16.5. The fraction of sp³-hybridized carbons (Fsp3) is 0.500. The summed E-state index contributed by atoms with van der Waals surface area (Å²) >= 11 is 0. The van der Waals surface area contributed by atoms with E-state index in [1.807, 2.05) is 24.3 Å². The summed E-state index contributed by atoms with van der Waals surface area (Å²) in [5.41, 5.74) is 7.27. The van der Waals surface area contributed by atoms with Gasteiger partial charge in [-0.05, 0) is 43.6 Å². The maximum Gasteiger partial charge on any atom is 0.411 e. The smallest absolute Gasteiger partial charge is 0.411 e. The molecule has 0 radical (unpaired) electrons. The number of benzene rings is 1. The Kier molecular flexibility index (Phi) is 5.18. The van der Waals surface area contributed by atoms with Crippen LogP contribution in [0.3, 0.4) is 0 Å². The van der Waals surface area contributed by atoms with Gasteiger partial charge < -0.3 is 10.5 Å². The summed E-state index contributed by atoms with van der Waals surface area (Å²) < 4.78 is 5.15. The molecule has 0 spiro atoms. The molecule has 2 rings (SSSR count). The molecule has 1 aromatic carbocycles. The van der Waals surface area contributed by atoms with E-state index in [1.54, 1.807) is 0 Å². The topological polar surface area (TPSA) is 67.6 Å². The van der Waals surface area contributed by atoms with E-state index in [2.05, 4.69) is 10.2 Å². The van der Waals surface area contributed by atoms with Crippen LogP contribution in [0.5, 0.6) is 0 Å². The Morgan fingerprint density at radius 1 is 1.26 bits per heavy atom. The molecule has 0 unspecified atom stereocenters. The highest BCUT2D eigenvalue weighted by Crippen LogP contribution is 2.10. The molecular weight excluding hydrogens is 242 g/mol. The molecule has 1 heterocycles. The highest BCUT2D eigenvalue weighted by molar-refractivity contribution is 5.84. The van der Waals surface area contributed by atoms with Crippen LogP contribution in [0.25, 0.3) is 0 Å². The molecule has 3 N–H and O–H groups in total. The summed E-state index contributed by atoms with van der Waals surface area (Å²) in [6, 6.07) is 7.42. The number of nitrogens with two attached hydrogens (primary N) is 1. The standard InChI is InChI=1S/C14H21N3O2/c15-11-12-3-5-13(6-4-12)16-14(18)19-10-9-17-7-1-2-8-17/h3-6H,1-2,7-11,15H2,(H,16,18). The summed E-state index contributed by atoms with van der Waals surface area (Å²) in [4.78, 5) is 13.9. The fourth-order valence-electron chi connectivity index (χ4n) is 2.15. The predicted octanol–water partition coefficient (Wildman–Crippen LogP) is 1.79. The van der Waals surface area contributed by atoms with Gasteiger partial charge in [-0.15, -0.1) is 0 Å². The largest absolute Gasteiger partial charge is 0.448 e. The number of carbonyl (C=O) groups excluding carboxylic acids is 1. The number of ether oxygens (including phenoxy) is 1. The molecular formula is C14H21N3O2. The first kappa shape index (κ1) is 13.8. The van der Waals surface area contributed by atoms with Crippen molar-refractivity contribution in [1.29, 1.82) is 0 Å². The van der Waals surface area contributed by atoms with Gasteiger partial charge in [0, 0.05) is 18.8 Å². The van der Waals surface area contributed by atoms with Crippen molar-refractivity contribution in [3.63, 3.8) is 0 Å². The van der Waals surface area contributed by atoms with Crippen LogP contribution in [0, 0.1) is 0 Å². The van der Waals surface area contributed by atoms with E-state index in [0.29, 0.717) is 13.2 Å². The van der Waals surface area contributed by atoms with Gasteiger partial charge in [-0.25, -0.2) is 4.79 Å². The maximum absolute atomic E-state index is 11.6. The second-order valence-electron chi connectivity index (χ2n) is 4.71. The normalized spacial score (nSPS) is 15.4. The number of nitrogens with one attached hydrogen (secondary N) is 1. The van der Waals surface area contributed by atoms with Crippen LogP contribution in [-0.4, -0.2) is 37.2 Å². The molecule has 0 saturated carbocycles. The maximum atomic E-state index is 11.6. The third-order valence-electron chi connectivity index (χ3n) is 3.28. The third-order valence-corrected chi connectivity index (χ3v) is 3.28. The molecule has 1 fully saturated rings. The Bertz CT molecular complexity index is 400. The molecule has 0 atom stereocenters. The lowest BCUT2D eigenvalue weighted by Gasteiger charge is -2.14. The van der Waals surface area contributed by atoms with Gasteiger partial charge in [0.25, 0.3) is 0 Å². The summed E-state index contributed by atoms with van der Waals surface area (Å²) in [6.07, 6.45) is 2.10. The summed E-state index contributed by atoms with van der Waals surface area (Å²) in [5.74, 6) is 0. The zero-order valence-corrected chi connectivity index (χ0v) is 11.1. The van der Waals surface area contributed by atoms with Crippen LogP contribution in [0.4, 0.5) is 10.5 Å². The Morgan fingerprint density at radius 2 is 1.95 bits per heavy atom. The summed E-state index contributed by atoms with van der Waals surface area (Å²) in [7, 11) is 0. The van der Waals surface area contributed by atoms with Gasteiger partial charge >= 0.3 is 6.09 Å². The van der Waals surface area contributed by atoms with E-state index in [1.165, 1.54) is 12.8 Å². The molecule has 5 heteroatoms. The third kappa shape index (κ3) is 4.54. The van der Waals surface area contributed by atoms with Crippen LogP contribution < -0.4 is 11.1 Å². The number of hydrogen-bond donors (Lipinski definition) is 2. The second-order valence-corrected chi connectivity index (χ2v) is 4.71. The molecule has 0 bridgehead atoms. The van der Waals surface area contributed by atoms with Crippen molar-refractivity contribution in [2.75, 3.05) is 31.6 Å². The van der Waals surface area contributed by atoms with Gasteiger partial charge in [0.15, 0.2) is 0 Å². The molecule has 19 heavy (non-hydrogen) atoms. The monoisotopic (exact) mass is 263 g/mol. The summed E-state index contributed by atoms with van der Waals surface area (Å²) in [5, 5.41) is 2.70. The zero-order valence-electron chi connectivity index (χ0n) is 11.1. The number of anilines is 1. The van der Waals surface area contributed by atoms with Crippen LogP contribution in [0.2, 0.25) is 0 Å². The van der Waals surface area contributed by atoms with E-state index >= 15 is 0 Å². The van der Waals surface area contributed by atoms with Crippen molar-refractivity contribution < 1.29 is 9.53 Å². The highest BCUT2D eigenvalue weighted by Gasteiger charge is 2.11. The first-order valence-corrected chi connectivity index (χ1v) is 6.73. The van der Waals surface area contributed by atoms with E-state index < -0.39 is 6.09 Å². The van der Waals surface area contributed by atoms with Crippen LogP contribution in [-0.2, 0) is 11.3 Å². The van der Waals surface area contributed by atoms with Crippen molar-refractivity contribution >= 4 is 11.8 Å². The lowest BCUT2D eigenvalue weighted by molar-refractivity contribution is 0.146. The predicted molar refractivity (Wildman–Crippen MR) is 75.0 cm³/mol. The van der Waals surface area contributed by atoms with Crippen LogP contribution in [0.15, 0.2) is 24.3 Å². The molecule has 104 valence electrons. The van der Waals surface area contributed by atoms with Gasteiger partial charge in [0.1, 0.15) is 6.61 Å². The molecule has 1 aliphatic heterocycles. The van der Waals surface area contributed by atoms with Crippen molar-refractivity contribution in [2.45, 2.75) is 19.4 Å². The number of carbonyl (C=O) groups is 1. The molecule has 0 aliphatic carbocycles. The number of hydrogen-bond acceptors (Lipinski definition) is 4.